The molecule has 0 unspecified atom stereocenters. The van der Waals surface area contributed by atoms with Crippen LogP contribution in [0.5, 0.6) is 0 Å². The summed E-state index contributed by atoms with van der Waals surface area (Å²) in [7, 11) is 0. The van der Waals surface area contributed by atoms with Gasteiger partial charge in [-0.3, -0.25) is 0 Å². The lowest BCUT2D eigenvalue weighted by Crippen LogP contribution is -2.12. The summed E-state index contributed by atoms with van der Waals surface area (Å²) in [5.74, 6) is 0.558. The van der Waals surface area contributed by atoms with Gasteiger partial charge in [0, 0.05) is 28.5 Å². The quantitative estimate of drug-likeness (QED) is 0.730. The van der Waals surface area contributed by atoms with Crippen molar-refractivity contribution in [1.82, 2.24) is 5.32 Å². The zero-order chi connectivity index (χ0) is 13.7. The molecule has 4 heteroatoms. The van der Waals surface area contributed by atoms with Gasteiger partial charge >= 0.3 is 0 Å². The Hall–Kier alpha value is -0.540. The Bertz CT molecular complexity index is 540. The minimum Gasteiger partial charge on any atom is -0.309 e. The van der Waals surface area contributed by atoms with Crippen LogP contribution in [0.2, 0.25) is 5.02 Å². The van der Waals surface area contributed by atoms with E-state index in [1.807, 2.05) is 18.2 Å². The number of nitrogens with one attached hydrogen (secondary N) is 1. The fourth-order valence-corrected chi connectivity index (χ4v) is 2.67. The Labute approximate surface area is 132 Å². The predicted octanol–water partition coefficient (Wildman–Crippen LogP) is 5.13. The molecule has 0 saturated carbocycles. The number of halogens is 3. The number of alkyl halides is 1. The Morgan fingerprint density at radius 1 is 0.947 bits per heavy atom. The van der Waals surface area contributed by atoms with Gasteiger partial charge in [0.15, 0.2) is 0 Å². The van der Waals surface area contributed by atoms with Crippen LogP contribution in [0.3, 0.4) is 0 Å². The third kappa shape index (κ3) is 4.50. The highest BCUT2D eigenvalue weighted by atomic mass is 79.9. The van der Waals surface area contributed by atoms with E-state index in [9.17, 15) is 0 Å². The molecule has 0 radical (unpaired) electrons. The summed E-state index contributed by atoms with van der Waals surface area (Å²) >= 11 is 15.3. The van der Waals surface area contributed by atoms with E-state index in [0.29, 0.717) is 5.88 Å². The second kappa shape index (κ2) is 7.30. The minimum absolute atomic E-state index is 0.558. The van der Waals surface area contributed by atoms with Crippen LogP contribution in [0.1, 0.15) is 16.7 Å². The fourth-order valence-electron chi connectivity index (χ4n) is 1.75. The standard InChI is InChI=1S/C15H14BrCl2N/c16-14-6-5-13(15(18)7-14)10-19-9-12-3-1-11(8-17)2-4-12/h1-7,19H,8-10H2. The summed E-state index contributed by atoms with van der Waals surface area (Å²) in [5.41, 5.74) is 3.48. The highest BCUT2D eigenvalue weighted by molar-refractivity contribution is 9.10. The van der Waals surface area contributed by atoms with E-state index in [-0.39, 0.29) is 0 Å². The third-order valence-corrected chi connectivity index (χ3v) is 3.99. The maximum atomic E-state index is 6.17. The molecule has 19 heavy (non-hydrogen) atoms. The SMILES string of the molecule is ClCc1ccc(CNCc2ccc(Br)cc2Cl)cc1. The first kappa shape index (κ1) is 14.9. The fraction of sp³-hybridized carbons (Fsp3) is 0.200. The zero-order valence-corrected chi connectivity index (χ0v) is 13.4. The Morgan fingerprint density at radius 3 is 2.26 bits per heavy atom. The Kier molecular flexibility index (Phi) is 5.71. The largest absolute Gasteiger partial charge is 0.309 e. The van der Waals surface area contributed by atoms with Crippen molar-refractivity contribution in [2.45, 2.75) is 19.0 Å². The van der Waals surface area contributed by atoms with E-state index >= 15 is 0 Å². The van der Waals surface area contributed by atoms with Crippen molar-refractivity contribution in [2.24, 2.45) is 0 Å². The maximum Gasteiger partial charge on any atom is 0.0474 e. The van der Waals surface area contributed by atoms with E-state index in [0.717, 1.165) is 33.7 Å². The van der Waals surface area contributed by atoms with Gasteiger partial charge in [0.05, 0.1) is 0 Å². The first-order chi connectivity index (χ1) is 9.19. The molecular formula is C15H14BrCl2N. The number of benzene rings is 2. The average molecular weight is 359 g/mol. The monoisotopic (exact) mass is 357 g/mol. The third-order valence-electron chi connectivity index (χ3n) is 2.84. The van der Waals surface area contributed by atoms with Gasteiger partial charge < -0.3 is 5.32 Å². The highest BCUT2D eigenvalue weighted by Gasteiger charge is 2.01. The molecule has 1 N–H and O–H groups in total. The second-order valence-electron chi connectivity index (χ2n) is 4.29. The first-order valence-electron chi connectivity index (χ1n) is 5.97. The average Bonchev–Trinajstić information content (AvgIpc) is 2.42. The van der Waals surface area contributed by atoms with Crippen LogP contribution < -0.4 is 5.32 Å². The van der Waals surface area contributed by atoms with Crippen molar-refractivity contribution >= 4 is 39.1 Å². The van der Waals surface area contributed by atoms with Gasteiger partial charge in [-0.25, -0.2) is 0 Å². The van der Waals surface area contributed by atoms with E-state index in [1.54, 1.807) is 0 Å². The van der Waals surface area contributed by atoms with Crippen LogP contribution in [-0.2, 0) is 19.0 Å². The van der Waals surface area contributed by atoms with E-state index < -0.39 is 0 Å². The number of hydrogen-bond donors (Lipinski definition) is 1. The van der Waals surface area contributed by atoms with Crippen LogP contribution in [0.4, 0.5) is 0 Å². The Balaban J connectivity index is 1.88. The molecule has 0 amide bonds. The van der Waals surface area contributed by atoms with Gasteiger partial charge in [0.2, 0.25) is 0 Å². The predicted molar refractivity (Wildman–Crippen MR) is 85.7 cm³/mol. The van der Waals surface area contributed by atoms with E-state index in [1.165, 1.54) is 5.56 Å². The number of hydrogen-bond acceptors (Lipinski definition) is 1. The first-order valence-corrected chi connectivity index (χ1v) is 7.68. The van der Waals surface area contributed by atoms with Crippen LogP contribution in [-0.4, -0.2) is 0 Å². The summed E-state index contributed by atoms with van der Waals surface area (Å²) in [5, 5.41) is 4.16. The second-order valence-corrected chi connectivity index (χ2v) is 5.88. The molecule has 0 saturated heterocycles. The number of rotatable bonds is 5. The van der Waals surface area contributed by atoms with Crippen molar-refractivity contribution in [1.29, 1.82) is 0 Å². The highest BCUT2D eigenvalue weighted by Crippen LogP contribution is 2.21. The van der Waals surface area contributed by atoms with Crippen molar-refractivity contribution < 1.29 is 0 Å². The lowest BCUT2D eigenvalue weighted by atomic mass is 10.1. The van der Waals surface area contributed by atoms with Crippen molar-refractivity contribution in [2.75, 3.05) is 0 Å². The van der Waals surface area contributed by atoms with Gasteiger partial charge in [-0.05, 0) is 28.8 Å². The van der Waals surface area contributed by atoms with Crippen LogP contribution in [0, 0.1) is 0 Å². The summed E-state index contributed by atoms with van der Waals surface area (Å²) in [6.45, 7) is 1.57. The van der Waals surface area contributed by atoms with Gasteiger partial charge in [-0.1, -0.05) is 57.9 Å². The molecule has 0 heterocycles. The molecule has 0 atom stereocenters. The molecule has 2 aromatic rings. The lowest BCUT2D eigenvalue weighted by molar-refractivity contribution is 0.693. The molecule has 2 rings (SSSR count). The van der Waals surface area contributed by atoms with Crippen molar-refractivity contribution in [3.05, 3.63) is 68.7 Å². The molecule has 0 fully saturated rings. The molecule has 0 aliphatic rings. The smallest absolute Gasteiger partial charge is 0.0474 e. The van der Waals surface area contributed by atoms with Crippen LogP contribution in [0.25, 0.3) is 0 Å². The van der Waals surface area contributed by atoms with Gasteiger partial charge in [-0.2, -0.15) is 0 Å². The molecule has 1 nitrogen and oxygen atoms in total. The molecule has 0 spiro atoms. The topological polar surface area (TPSA) is 12.0 Å². The molecule has 0 aromatic heterocycles. The zero-order valence-electron chi connectivity index (χ0n) is 10.3. The van der Waals surface area contributed by atoms with Crippen molar-refractivity contribution in [3.63, 3.8) is 0 Å². The van der Waals surface area contributed by atoms with E-state index in [2.05, 4.69) is 45.5 Å². The Morgan fingerprint density at radius 2 is 1.63 bits per heavy atom. The van der Waals surface area contributed by atoms with Gasteiger partial charge in [-0.15, -0.1) is 11.6 Å². The van der Waals surface area contributed by atoms with Gasteiger partial charge in [0.25, 0.3) is 0 Å². The molecule has 2 aromatic carbocycles. The van der Waals surface area contributed by atoms with Crippen LogP contribution >= 0.6 is 39.1 Å². The summed E-state index contributed by atoms with van der Waals surface area (Å²) in [4.78, 5) is 0. The molecular weight excluding hydrogens is 345 g/mol. The summed E-state index contributed by atoms with van der Waals surface area (Å²) in [6.07, 6.45) is 0. The minimum atomic E-state index is 0.558. The van der Waals surface area contributed by atoms with E-state index in [4.69, 9.17) is 23.2 Å². The maximum absolute atomic E-state index is 6.17. The summed E-state index contributed by atoms with van der Waals surface area (Å²) in [6, 6.07) is 14.2. The molecule has 0 aliphatic carbocycles. The normalized spacial score (nSPS) is 10.7. The van der Waals surface area contributed by atoms with Crippen LogP contribution in [0.15, 0.2) is 46.9 Å². The molecule has 0 aliphatic heterocycles. The van der Waals surface area contributed by atoms with Gasteiger partial charge in [0.1, 0.15) is 0 Å². The van der Waals surface area contributed by atoms with Crippen molar-refractivity contribution in [3.8, 4) is 0 Å². The molecule has 0 bridgehead atoms. The summed E-state index contributed by atoms with van der Waals surface area (Å²) < 4.78 is 0.998. The molecule has 100 valence electrons. The lowest BCUT2D eigenvalue weighted by Gasteiger charge is -2.08.